The fourth-order valence-corrected chi connectivity index (χ4v) is 2.02. The standard InChI is InChI=1S/C15H16FN3O4/c1-23-14(21)3-2-6-17-13(20)8-19-9-18-12-7-10(16)4-5-11(12)15(19)22/h4-5,7,9H,2-3,6,8H2,1H3,(H,17,20). The summed E-state index contributed by atoms with van der Waals surface area (Å²) in [6, 6.07) is 3.67. The van der Waals surface area contributed by atoms with Gasteiger partial charge in [0.15, 0.2) is 0 Å². The third kappa shape index (κ3) is 4.35. The van der Waals surface area contributed by atoms with Crippen molar-refractivity contribution in [2.24, 2.45) is 0 Å². The fourth-order valence-electron chi connectivity index (χ4n) is 2.02. The molecule has 23 heavy (non-hydrogen) atoms. The van der Waals surface area contributed by atoms with E-state index < -0.39 is 11.4 Å². The molecular weight excluding hydrogens is 305 g/mol. The van der Waals surface area contributed by atoms with Crippen molar-refractivity contribution in [3.8, 4) is 0 Å². The minimum atomic E-state index is -0.481. The lowest BCUT2D eigenvalue weighted by molar-refractivity contribution is -0.140. The van der Waals surface area contributed by atoms with Gasteiger partial charge >= 0.3 is 5.97 Å². The number of benzene rings is 1. The number of hydrogen-bond acceptors (Lipinski definition) is 5. The van der Waals surface area contributed by atoms with Gasteiger partial charge < -0.3 is 10.1 Å². The van der Waals surface area contributed by atoms with E-state index in [1.807, 2.05) is 0 Å². The molecule has 7 nitrogen and oxygen atoms in total. The second-order valence-electron chi connectivity index (χ2n) is 4.87. The lowest BCUT2D eigenvalue weighted by Gasteiger charge is -2.07. The van der Waals surface area contributed by atoms with Crippen LogP contribution < -0.4 is 10.9 Å². The smallest absolute Gasteiger partial charge is 0.305 e. The Balaban J connectivity index is 1.97. The fraction of sp³-hybridized carbons (Fsp3) is 0.333. The normalized spacial score (nSPS) is 10.5. The van der Waals surface area contributed by atoms with Crippen LogP contribution in [0.25, 0.3) is 10.9 Å². The Kier molecular flexibility index (Phi) is 5.40. The largest absolute Gasteiger partial charge is 0.469 e. The van der Waals surface area contributed by atoms with E-state index in [0.717, 1.165) is 10.6 Å². The number of ether oxygens (including phenoxy) is 1. The molecule has 0 fully saturated rings. The van der Waals surface area contributed by atoms with Crippen LogP contribution in [0, 0.1) is 5.82 Å². The number of halogens is 1. The van der Waals surface area contributed by atoms with Gasteiger partial charge in [-0.1, -0.05) is 0 Å². The van der Waals surface area contributed by atoms with Crippen LogP contribution in [-0.2, 0) is 20.9 Å². The van der Waals surface area contributed by atoms with Crippen LogP contribution >= 0.6 is 0 Å². The average molecular weight is 321 g/mol. The maximum Gasteiger partial charge on any atom is 0.305 e. The first-order chi connectivity index (χ1) is 11.0. The topological polar surface area (TPSA) is 90.3 Å². The number of carbonyl (C=O) groups excluding carboxylic acids is 2. The number of aromatic nitrogens is 2. The lowest BCUT2D eigenvalue weighted by atomic mass is 10.2. The molecule has 1 aromatic carbocycles. The number of carbonyl (C=O) groups is 2. The van der Waals surface area contributed by atoms with Crippen LogP contribution in [0.5, 0.6) is 0 Å². The quantitative estimate of drug-likeness (QED) is 0.622. The van der Waals surface area contributed by atoms with Crippen LogP contribution in [0.2, 0.25) is 0 Å². The SMILES string of the molecule is COC(=O)CCCNC(=O)Cn1cnc2cc(F)ccc2c1=O. The van der Waals surface area contributed by atoms with Crippen LogP contribution in [0.4, 0.5) is 4.39 Å². The highest BCUT2D eigenvalue weighted by atomic mass is 19.1. The predicted molar refractivity (Wildman–Crippen MR) is 80.2 cm³/mol. The Labute approximate surface area is 131 Å². The van der Waals surface area contributed by atoms with Crippen molar-refractivity contribution in [3.05, 3.63) is 40.7 Å². The molecule has 0 spiro atoms. The number of esters is 1. The van der Waals surface area contributed by atoms with Crippen molar-refractivity contribution < 1.29 is 18.7 Å². The summed E-state index contributed by atoms with van der Waals surface area (Å²) in [6.07, 6.45) is 1.86. The van der Waals surface area contributed by atoms with Crippen LogP contribution in [0.3, 0.4) is 0 Å². The van der Waals surface area contributed by atoms with Crippen molar-refractivity contribution in [1.29, 1.82) is 0 Å². The van der Waals surface area contributed by atoms with E-state index in [4.69, 9.17) is 0 Å². The Morgan fingerprint density at radius 3 is 2.91 bits per heavy atom. The van der Waals surface area contributed by atoms with Crippen molar-refractivity contribution >= 4 is 22.8 Å². The molecular formula is C15H16FN3O4. The third-order valence-corrected chi connectivity index (χ3v) is 3.21. The molecule has 2 aromatic rings. The number of nitrogens with zero attached hydrogens (tertiary/aromatic N) is 2. The molecule has 0 aliphatic heterocycles. The molecule has 0 aliphatic rings. The molecule has 0 aliphatic carbocycles. The number of fused-ring (bicyclic) bond motifs is 1. The maximum atomic E-state index is 13.1. The predicted octanol–water partition coefficient (Wildman–Crippen LogP) is 0.605. The summed E-state index contributed by atoms with van der Waals surface area (Å²) < 4.78 is 18.7. The number of rotatable bonds is 6. The molecule has 1 N–H and O–H groups in total. The van der Waals surface area contributed by atoms with Crippen molar-refractivity contribution in [2.45, 2.75) is 19.4 Å². The first kappa shape index (κ1) is 16.6. The second kappa shape index (κ2) is 7.48. The van der Waals surface area contributed by atoms with Gasteiger partial charge in [-0.3, -0.25) is 19.0 Å². The summed E-state index contributed by atoms with van der Waals surface area (Å²) >= 11 is 0. The van der Waals surface area contributed by atoms with Gasteiger partial charge in [0.1, 0.15) is 12.4 Å². The summed E-state index contributed by atoms with van der Waals surface area (Å²) in [5.74, 6) is -1.20. The zero-order valence-electron chi connectivity index (χ0n) is 12.5. The Morgan fingerprint density at radius 1 is 1.39 bits per heavy atom. The van der Waals surface area contributed by atoms with E-state index in [9.17, 15) is 18.8 Å². The first-order valence-electron chi connectivity index (χ1n) is 6.99. The number of nitrogens with one attached hydrogen (secondary N) is 1. The van der Waals surface area contributed by atoms with Gasteiger partial charge in [-0.05, 0) is 18.6 Å². The molecule has 0 bridgehead atoms. The average Bonchev–Trinajstić information content (AvgIpc) is 2.54. The van der Waals surface area contributed by atoms with E-state index in [1.54, 1.807) is 0 Å². The number of hydrogen-bond donors (Lipinski definition) is 1. The highest BCUT2D eigenvalue weighted by molar-refractivity contribution is 5.79. The highest BCUT2D eigenvalue weighted by Crippen LogP contribution is 2.08. The maximum absolute atomic E-state index is 13.1. The molecule has 0 saturated carbocycles. The third-order valence-electron chi connectivity index (χ3n) is 3.21. The molecule has 1 aromatic heterocycles. The Morgan fingerprint density at radius 2 is 2.17 bits per heavy atom. The van der Waals surface area contributed by atoms with Crippen LogP contribution in [-0.4, -0.2) is 35.1 Å². The summed E-state index contributed by atoms with van der Waals surface area (Å²) in [6.45, 7) is 0.103. The lowest BCUT2D eigenvalue weighted by Crippen LogP contribution is -2.33. The molecule has 122 valence electrons. The van der Waals surface area contributed by atoms with Crippen LogP contribution in [0.15, 0.2) is 29.3 Å². The molecule has 2 rings (SSSR count). The molecule has 8 heteroatoms. The highest BCUT2D eigenvalue weighted by Gasteiger charge is 2.09. The van der Waals surface area contributed by atoms with Gasteiger partial charge in [0.05, 0.1) is 24.3 Å². The van der Waals surface area contributed by atoms with E-state index >= 15 is 0 Å². The van der Waals surface area contributed by atoms with E-state index in [1.165, 1.54) is 25.6 Å². The zero-order valence-corrected chi connectivity index (χ0v) is 12.5. The van der Waals surface area contributed by atoms with Crippen molar-refractivity contribution in [2.75, 3.05) is 13.7 Å². The minimum Gasteiger partial charge on any atom is -0.469 e. The first-order valence-corrected chi connectivity index (χ1v) is 6.99. The molecule has 0 radical (unpaired) electrons. The zero-order chi connectivity index (χ0) is 16.8. The van der Waals surface area contributed by atoms with Gasteiger partial charge in [0.2, 0.25) is 5.91 Å². The van der Waals surface area contributed by atoms with Gasteiger partial charge in [0.25, 0.3) is 5.56 Å². The van der Waals surface area contributed by atoms with Crippen LogP contribution in [0.1, 0.15) is 12.8 Å². The molecule has 0 atom stereocenters. The second-order valence-corrected chi connectivity index (χ2v) is 4.87. The summed E-state index contributed by atoms with van der Waals surface area (Å²) in [5, 5.41) is 2.84. The number of methoxy groups -OCH3 is 1. The molecule has 0 unspecified atom stereocenters. The van der Waals surface area contributed by atoms with E-state index in [-0.39, 0.29) is 35.7 Å². The van der Waals surface area contributed by atoms with Crippen molar-refractivity contribution in [1.82, 2.24) is 14.9 Å². The Hall–Kier alpha value is -2.77. The van der Waals surface area contributed by atoms with E-state index in [2.05, 4.69) is 15.0 Å². The molecule has 1 heterocycles. The summed E-state index contributed by atoms with van der Waals surface area (Å²) in [4.78, 5) is 38.9. The minimum absolute atomic E-state index is 0.197. The van der Waals surface area contributed by atoms with Gasteiger partial charge in [-0.2, -0.15) is 0 Å². The van der Waals surface area contributed by atoms with Gasteiger partial charge in [-0.25, -0.2) is 9.37 Å². The monoisotopic (exact) mass is 321 g/mol. The molecule has 1 amide bonds. The Bertz CT molecular complexity index is 788. The van der Waals surface area contributed by atoms with E-state index in [0.29, 0.717) is 13.0 Å². The van der Waals surface area contributed by atoms with Crippen molar-refractivity contribution in [3.63, 3.8) is 0 Å². The van der Waals surface area contributed by atoms with Gasteiger partial charge in [-0.15, -0.1) is 0 Å². The molecule has 0 saturated heterocycles. The summed E-state index contributed by atoms with van der Waals surface area (Å²) in [7, 11) is 1.30. The number of amides is 1. The van der Waals surface area contributed by atoms with Gasteiger partial charge in [0, 0.05) is 19.0 Å². The summed E-state index contributed by atoms with van der Waals surface area (Å²) in [5.41, 5.74) is -0.176.